The number of nitrogens with two attached hydrogens (primary N) is 2. The first kappa shape index (κ1) is 15.3. The van der Waals surface area contributed by atoms with E-state index in [1.807, 2.05) is 0 Å². The van der Waals surface area contributed by atoms with Gasteiger partial charge in [0.1, 0.15) is 0 Å². The van der Waals surface area contributed by atoms with Crippen LogP contribution in [0.3, 0.4) is 0 Å². The number of nitrogens with zero attached hydrogens (tertiary/aromatic N) is 1. The van der Waals surface area contributed by atoms with Gasteiger partial charge in [0, 0.05) is 31.5 Å². The molecule has 0 aromatic heterocycles. The van der Waals surface area contributed by atoms with E-state index in [9.17, 15) is 10.1 Å². The zero-order chi connectivity index (χ0) is 13.3. The van der Waals surface area contributed by atoms with Gasteiger partial charge < -0.3 is 16.2 Å². The lowest BCUT2D eigenvalue weighted by Crippen LogP contribution is -2.01. The molecular weight excluding hydrogens is 222 g/mol. The minimum absolute atomic E-state index is 0.0353. The maximum atomic E-state index is 10.2. The molecule has 0 spiro atoms. The number of nitrogen functional groups attached to an aromatic ring is 1. The van der Waals surface area contributed by atoms with Crippen LogP contribution in [0.4, 0.5) is 11.4 Å². The molecule has 0 saturated heterocycles. The average Bonchev–Trinajstić information content (AvgIpc) is 2.30. The molecule has 96 valence electrons. The third-order valence-corrected chi connectivity index (χ3v) is 2.03. The normalized spacial score (nSPS) is 9.35. The van der Waals surface area contributed by atoms with Crippen LogP contribution in [0.15, 0.2) is 18.2 Å². The van der Waals surface area contributed by atoms with E-state index in [1.165, 1.54) is 12.1 Å². The molecule has 0 aliphatic carbocycles. The molecule has 0 heterocycles. The summed E-state index contributed by atoms with van der Waals surface area (Å²) in [5.41, 5.74) is 11.9. The fraction of sp³-hybridized carbons (Fsp3) is 0.455. The van der Waals surface area contributed by atoms with Crippen molar-refractivity contribution in [2.45, 2.75) is 13.3 Å². The molecule has 1 aromatic rings. The molecule has 1 rings (SSSR count). The van der Waals surface area contributed by atoms with Crippen LogP contribution >= 0.6 is 0 Å². The van der Waals surface area contributed by atoms with Crippen molar-refractivity contribution >= 4 is 11.4 Å². The first-order valence-electron chi connectivity index (χ1n) is 5.22. The largest absolute Gasteiger partial charge is 0.398 e. The molecule has 0 amide bonds. The van der Waals surface area contributed by atoms with Crippen LogP contribution in [0.25, 0.3) is 0 Å². The summed E-state index contributed by atoms with van der Waals surface area (Å²) in [5.74, 6) is 0. The SMILES string of the molecule is COCCCN.Cc1ccc([N+](=O)[O-])cc1N. The van der Waals surface area contributed by atoms with Crippen molar-refractivity contribution in [1.82, 2.24) is 0 Å². The molecule has 0 aliphatic heterocycles. The second-order valence-corrected chi connectivity index (χ2v) is 3.43. The van der Waals surface area contributed by atoms with Crippen molar-refractivity contribution in [3.63, 3.8) is 0 Å². The zero-order valence-corrected chi connectivity index (χ0v) is 10.2. The van der Waals surface area contributed by atoms with E-state index in [2.05, 4.69) is 0 Å². The van der Waals surface area contributed by atoms with Gasteiger partial charge in [-0.05, 0) is 25.5 Å². The zero-order valence-electron chi connectivity index (χ0n) is 10.2. The molecule has 17 heavy (non-hydrogen) atoms. The van der Waals surface area contributed by atoms with Crippen LogP contribution in [0.2, 0.25) is 0 Å². The van der Waals surface area contributed by atoms with Gasteiger partial charge in [-0.1, -0.05) is 6.07 Å². The summed E-state index contributed by atoms with van der Waals surface area (Å²) in [6.07, 6.45) is 0.969. The summed E-state index contributed by atoms with van der Waals surface area (Å²) < 4.78 is 4.70. The highest BCUT2D eigenvalue weighted by Crippen LogP contribution is 2.18. The summed E-state index contributed by atoms with van der Waals surface area (Å²) in [4.78, 5) is 9.75. The third kappa shape index (κ3) is 6.49. The molecule has 0 fully saturated rings. The lowest BCUT2D eigenvalue weighted by Gasteiger charge is -1.97. The molecule has 0 saturated carbocycles. The Bertz CT molecular complexity index is 352. The van der Waals surface area contributed by atoms with E-state index >= 15 is 0 Å². The molecular formula is C11H19N3O3. The summed E-state index contributed by atoms with van der Waals surface area (Å²) in [5, 5.41) is 10.2. The van der Waals surface area contributed by atoms with Crippen LogP contribution < -0.4 is 11.5 Å². The Morgan fingerprint density at radius 3 is 2.47 bits per heavy atom. The molecule has 4 N–H and O–H groups in total. The minimum atomic E-state index is -0.462. The topological polar surface area (TPSA) is 104 Å². The maximum Gasteiger partial charge on any atom is 0.271 e. The highest BCUT2D eigenvalue weighted by Gasteiger charge is 2.05. The fourth-order valence-electron chi connectivity index (χ4n) is 0.969. The molecule has 1 aromatic carbocycles. The smallest absolute Gasteiger partial charge is 0.271 e. The van der Waals surface area contributed by atoms with Gasteiger partial charge in [0.2, 0.25) is 0 Å². The number of aryl methyl sites for hydroxylation is 1. The Kier molecular flexibility index (Phi) is 7.66. The van der Waals surface area contributed by atoms with Crippen LogP contribution in [0.1, 0.15) is 12.0 Å². The van der Waals surface area contributed by atoms with Gasteiger partial charge in [-0.2, -0.15) is 0 Å². The van der Waals surface area contributed by atoms with Gasteiger partial charge in [-0.3, -0.25) is 10.1 Å². The molecule has 0 bridgehead atoms. The summed E-state index contributed by atoms with van der Waals surface area (Å²) >= 11 is 0. The fourth-order valence-corrected chi connectivity index (χ4v) is 0.969. The quantitative estimate of drug-likeness (QED) is 0.359. The van der Waals surface area contributed by atoms with Gasteiger partial charge in [-0.15, -0.1) is 0 Å². The number of hydrogen-bond donors (Lipinski definition) is 2. The van der Waals surface area contributed by atoms with Crippen LogP contribution in [-0.4, -0.2) is 25.2 Å². The number of anilines is 1. The molecule has 0 aliphatic rings. The predicted molar refractivity (Wildman–Crippen MR) is 67.8 cm³/mol. The maximum absolute atomic E-state index is 10.2. The molecule has 0 radical (unpaired) electrons. The van der Waals surface area contributed by atoms with Gasteiger partial charge in [0.05, 0.1) is 4.92 Å². The second-order valence-electron chi connectivity index (χ2n) is 3.43. The van der Waals surface area contributed by atoms with Crippen molar-refractivity contribution in [3.8, 4) is 0 Å². The van der Waals surface area contributed by atoms with Crippen molar-refractivity contribution < 1.29 is 9.66 Å². The van der Waals surface area contributed by atoms with E-state index in [0.29, 0.717) is 5.69 Å². The first-order valence-corrected chi connectivity index (χ1v) is 5.22. The Morgan fingerprint density at radius 2 is 2.12 bits per heavy atom. The number of methoxy groups -OCH3 is 1. The number of benzene rings is 1. The van der Waals surface area contributed by atoms with Crippen molar-refractivity contribution in [3.05, 3.63) is 33.9 Å². The van der Waals surface area contributed by atoms with Gasteiger partial charge in [0.25, 0.3) is 5.69 Å². The number of hydrogen-bond acceptors (Lipinski definition) is 5. The highest BCUT2D eigenvalue weighted by atomic mass is 16.6. The molecule has 0 unspecified atom stereocenters. The Balaban J connectivity index is 0.000000366. The average molecular weight is 241 g/mol. The third-order valence-electron chi connectivity index (χ3n) is 2.03. The van der Waals surface area contributed by atoms with Gasteiger partial charge in [0.15, 0.2) is 0 Å². The lowest BCUT2D eigenvalue weighted by atomic mass is 10.2. The standard InChI is InChI=1S/C7H8N2O2.C4H11NO/c1-5-2-3-6(9(10)11)4-7(5)8;1-6-4-2-3-5/h2-4H,8H2,1H3;2-5H2,1H3. The Morgan fingerprint density at radius 1 is 1.47 bits per heavy atom. The number of ether oxygens (including phenoxy) is 1. The second kappa shape index (κ2) is 8.49. The van der Waals surface area contributed by atoms with Crippen LogP contribution in [-0.2, 0) is 4.74 Å². The van der Waals surface area contributed by atoms with Crippen molar-refractivity contribution in [2.75, 3.05) is 26.0 Å². The number of nitro groups is 1. The van der Waals surface area contributed by atoms with E-state index in [1.54, 1.807) is 20.1 Å². The number of nitro benzene ring substituents is 1. The summed E-state index contributed by atoms with van der Waals surface area (Å²) in [6, 6.07) is 4.43. The van der Waals surface area contributed by atoms with Crippen LogP contribution in [0, 0.1) is 17.0 Å². The molecule has 6 nitrogen and oxygen atoms in total. The van der Waals surface area contributed by atoms with E-state index in [-0.39, 0.29) is 5.69 Å². The highest BCUT2D eigenvalue weighted by molar-refractivity contribution is 5.53. The van der Waals surface area contributed by atoms with Gasteiger partial charge >= 0.3 is 0 Å². The van der Waals surface area contributed by atoms with E-state index < -0.39 is 4.92 Å². The first-order chi connectivity index (χ1) is 8.02. The van der Waals surface area contributed by atoms with E-state index in [4.69, 9.17) is 16.2 Å². The monoisotopic (exact) mass is 241 g/mol. The van der Waals surface area contributed by atoms with Crippen molar-refractivity contribution in [2.24, 2.45) is 5.73 Å². The van der Waals surface area contributed by atoms with Gasteiger partial charge in [-0.25, -0.2) is 0 Å². The van der Waals surface area contributed by atoms with E-state index in [0.717, 1.165) is 25.1 Å². The summed E-state index contributed by atoms with van der Waals surface area (Å²) in [7, 11) is 1.68. The Labute approximate surface area is 101 Å². The molecule has 6 heteroatoms. The minimum Gasteiger partial charge on any atom is -0.398 e. The number of non-ortho nitro benzene ring substituents is 1. The number of rotatable bonds is 4. The van der Waals surface area contributed by atoms with Crippen LogP contribution in [0.5, 0.6) is 0 Å². The predicted octanol–water partition coefficient (Wildman–Crippen LogP) is 1.47. The summed E-state index contributed by atoms with van der Waals surface area (Å²) in [6.45, 7) is 3.32. The molecule has 0 atom stereocenters. The Hall–Kier alpha value is -1.66. The lowest BCUT2D eigenvalue weighted by molar-refractivity contribution is -0.384. The van der Waals surface area contributed by atoms with Crippen molar-refractivity contribution in [1.29, 1.82) is 0 Å².